The highest BCUT2D eigenvalue weighted by molar-refractivity contribution is 5.66. The van der Waals surface area contributed by atoms with E-state index in [9.17, 15) is 0 Å². The zero-order valence-electron chi connectivity index (χ0n) is 15.8. The number of anilines is 1. The number of methoxy groups -OCH3 is 1. The van der Waals surface area contributed by atoms with Crippen LogP contribution in [-0.2, 0) is 16.6 Å². The molecule has 130 valence electrons. The Morgan fingerprint density at radius 1 is 1.39 bits per heavy atom. The van der Waals surface area contributed by atoms with Gasteiger partial charge in [-0.1, -0.05) is 20.8 Å². The van der Waals surface area contributed by atoms with Crippen molar-refractivity contribution in [2.45, 2.75) is 65.3 Å². The van der Waals surface area contributed by atoms with Gasteiger partial charge in [0.25, 0.3) is 0 Å². The highest BCUT2D eigenvalue weighted by atomic mass is 16.5. The Hall–Kier alpha value is -1.06. The standard InChI is InChI=1S/C20H34N2O/c1-7-16-14(2)19-18(13-17(16)15(3)21)22(10-8-12-23-6)11-9-20(19,4)5/h13,15H,7-12,21H2,1-6H3. The van der Waals surface area contributed by atoms with Crippen LogP contribution in [-0.4, -0.2) is 26.8 Å². The smallest absolute Gasteiger partial charge is 0.0479 e. The molecule has 0 bridgehead atoms. The molecule has 23 heavy (non-hydrogen) atoms. The number of hydrogen-bond acceptors (Lipinski definition) is 3. The molecule has 2 rings (SSSR count). The minimum Gasteiger partial charge on any atom is -0.385 e. The number of hydrogen-bond donors (Lipinski definition) is 1. The van der Waals surface area contributed by atoms with Crippen molar-refractivity contribution < 1.29 is 4.74 Å². The van der Waals surface area contributed by atoms with Crippen LogP contribution in [0.3, 0.4) is 0 Å². The molecule has 0 radical (unpaired) electrons. The number of ether oxygens (including phenoxy) is 1. The Morgan fingerprint density at radius 3 is 2.65 bits per heavy atom. The average Bonchev–Trinajstić information content (AvgIpc) is 2.48. The Bertz CT molecular complexity index is 549. The molecule has 0 aliphatic carbocycles. The normalized spacial score (nSPS) is 18.0. The second-order valence-corrected chi connectivity index (χ2v) is 7.57. The van der Waals surface area contributed by atoms with Crippen LogP contribution in [0, 0.1) is 6.92 Å². The minimum atomic E-state index is 0.0832. The van der Waals surface area contributed by atoms with Crippen molar-refractivity contribution in [1.29, 1.82) is 0 Å². The fourth-order valence-electron chi connectivity index (χ4n) is 4.14. The van der Waals surface area contributed by atoms with Gasteiger partial charge in [0.05, 0.1) is 0 Å². The van der Waals surface area contributed by atoms with E-state index in [1.807, 2.05) is 0 Å². The average molecular weight is 319 g/mol. The van der Waals surface area contributed by atoms with E-state index >= 15 is 0 Å². The molecule has 3 nitrogen and oxygen atoms in total. The SMILES string of the molecule is CCc1c(C(C)N)cc2c(c1C)C(C)(C)CCN2CCCOC. The third kappa shape index (κ3) is 3.56. The van der Waals surface area contributed by atoms with Gasteiger partial charge < -0.3 is 15.4 Å². The maximum atomic E-state index is 6.29. The van der Waals surface area contributed by atoms with Crippen LogP contribution < -0.4 is 10.6 Å². The molecule has 1 aromatic rings. The van der Waals surface area contributed by atoms with E-state index in [1.54, 1.807) is 7.11 Å². The van der Waals surface area contributed by atoms with Crippen LogP contribution in [0.25, 0.3) is 0 Å². The van der Waals surface area contributed by atoms with E-state index in [1.165, 1.54) is 34.4 Å². The second kappa shape index (κ2) is 7.23. The van der Waals surface area contributed by atoms with Gasteiger partial charge in [0.2, 0.25) is 0 Å². The van der Waals surface area contributed by atoms with Crippen molar-refractivity contribution in [1.82, 2.24) is 0 Å². The van der Waals surface area contributed by atoms with Crippen LogP contribution in [0.4, 0.5) is 5.69 Å². The molecule has 3 heteroatoms. The Labute approximate surface area is 142 Å². The molecule has 0 spiro atoms. The summed E-state index contributed by atoms with van der Waals surface area (Å²) in [6.45, 7) is 14.4. The van der Waals surface area contributed by atoms with Crippen molar-refractivity contribution in [3.63, 3.8) is 0 Å². The molecule has 0 saturated heterocycles. The molecule has 1 atom stereocenters. The van der Waals surface area contributed by atoms with Crippen molar-refractivity contribution in [3.8, 4) is 0 Å². The van der Waals surface area contributed by atoms with E-state index < -0.39 is 0 Å². The summed E-state index contributed by atoms with van der Waals surface area (Å²) in [5.74, 6) is 0. The summed E-state index contributed by atoms with van der Waals surface area (Å²) in [5.41, 5.74) is 13.7. The van der Waals surface area contributed by atoms with Crippen LogP contribution in [0.5, 0.6) is 0 Å². The number of nitrogens with two attached hydrogens (primary N) is 1. The van der Waals surface area contributed by atoms with E-state index in [0.29, 0.717) is 0 Å². The molecule has 1 aliphatic heterocycles. The molecule has 0 saturated carbocycles. The summed E-state index contributed by atoms with van der Waals surface area (Å²) in [6, 6.07) is 2.46. The monoisotopic (exact) mass is 318 g/mol. The molecule has 1 aliphatic rings. The maximum Gasteiger partial charge on any atom is 0.0479 e. The van der Waals surface area contributed by atoms with Gasteiger partial charge in [-0.15, -0.1) is 0 Å². The predicted molar refractivity (Wildman–Crippen MR) is 99.5 cm³/mol. The Balaban J connectivity index is 2.54. The van der Waals surface area contributed by atoms with E-state index in [4.69, 9.17) is 10.5 Å². The molecule has 0 fully saturated rings. The lowest BCUT2D eigenvalue weighted by Gasteiger charge is -2.42. The fourth-order valence-corrected chi connectivity index (χ4v) is 4.14. The largest absolute Gasteiger partial charge is 0.385 e. The fraction of sp³-hybridized carbons (Fsp3) is 0.700. The van der Waals surface area contributed by atoms with E-state index in [0.717, 1.165) is 32.5 Å². The van der Waals surface area contributed by atoms with Crippen LogP contribution in [0.1, 0.15) is 68.8 Å². The second-order valence-electron chi connectivity index (χ2n) is 7.57. The van der Waals surface area contributed by atoms with E-state index in [2.05, 4.69) is 45.6 Å². The quantitative estimate of drug-likeness (QED) is 0.803. The summed E-state index contributed by atoms with van der Waals surface area (Å²) < 4.78 is 5.24. The van der Waals surface area contributed by atoms with Crippen molar-refractivity contribution in [2.24, 2.45) is 5.73 Å². The zero-order valence-corrected chi connectivity index (χ0v) is 15.8. The molecular formula is C20H34N2O. The van der Waals surface area contributed by atoms with Crippen molar-refractivity contribution in [3.05, 3.63) is 28.3 Å². The van der Waals surface area contributed by atoms with Gasteiger partial charge in [-0.05, 0) is 66.8 Å². The van der Waals surface area contributed by atoms with Crippen molar-refractivity contribution >= 4 is 5.69 Å². The summed E-state index contributed by atoms with van der Waals surface area (Å²) in [4.78, 5) is 2.54. The topological polar surface area (TPSA) is 38.5 Å². The van der Waals surface area contributed by atoms with Gasteiger partial charge in [0.15, 0.2) is 0 Å². The minimum absolute atomic E-state index is 0.0832. The van der Waals surface area contributed by atoms with Gasteiger partial charge in [-0.25, -0.2) is 0 Å². The third-order valence-corrected chi connectivity index (χ3v) is 5.37. The lowest BCUT2D eigenvalue weighted by molar-refractivity contribution is 0.195. The zero-order chi connectivity index (χ0) is 17.2. The van der Waals surface area contributed by atoms with Gasteiger partial charge in [-0.2, -0.15) is 0 Å². The lowest BCUT2D eigenvalue weighted by Crippen LogP contribution is -2.39. The molecular weight excluding hydrogens is 284 g/mol. The Morgan fingerprint density at radius 2 is 2.09 bits per heavy atom. The van der Waals surface area contributed by atoms with Crippen LogP contribution in [0.2, 0.25) is 0 Å². The first-order valence-corrected chi connectivity index (χ1v) is 8.99. The number of fused-ring (bicyclic) bond motifs is 1. The first-order valence-electron chi connectivity index (χ1n) is 8.99. The van der Waals surface area contributed by atoms with Crippen molar-refractivity contribution in [2.75, 3.05) is 31.7 Å². The molecule has 1 aromatic carbocycles. The summed E-state index contributed by atoms with van der Waals surface area (Å²) in [5, 5.41) is 0. The van der Waals surface area contributed by atoms with Gasteiger partial charge >= 0.3 is 0 Å². The van der Waals surface area contributed by atoms with Crippen LogP contribution >= 0.6 is 0 Å². The number of benzene rings is 1. The van der Waals surface area contributed by atoms with E-state index in [-0.39, 0.29) is 11.5 Å². The summed E-state index contributed by atoms with van der Waals surface area (Å²) >= 11 is 0. The summed E-state index contributed by atoms with van der Waals surface area (Å²) in [6.07, 6.45) is 3.32. The number of rotatable bonds is 6. The highest BCUT2D eigenvalue weighted by Gasteiger charge is 2.34. The van der Waals surface area contributed by atoms with Gasteiger partial charge in [0, 0.05) is 38.5 Å². The maximum absolute atomic E-state index is 6.29. The third-order valence-electron chi connectivity index (χ3n) is 5.37. The predicted octanol–water partition coefficient (Wildman–Crippen LogP) is 4.10. The first-order chi connectivity index (χ1) is 10.8. The van der Waals surface area contributed by atoms with Gasteiger partial charge in [0.1, 0.15) is 0 Å². The van der Waals surface area contributed by atoms with Gasteiger partial charge in [-0.3, -0.25) is 0 Å². The Kier molecular flexibility index (Phi) is 5.74. The molecule has 2 N–H and O–H groups in total. The lowest BCUT2D eigenvalue weighted by atomic mass is 9.73. The summed E-state index contributed by atoms with van der Waals surface area (Å²) in [7, 11) is 1.78. The first kappa shape index (κ1) is 18.3. The number of nitrogens with zero attached hydrogens (tertiary/aromatic N) is 1. The highest BCUT2D eigenvalue weighted by Crippen LogP contribution is 2.44. The molecule has 1 heterocycles. The van der Waals surface area contributed by atoms with Crippen LogP contribution in [0.15, 0.2) is 6.07 Å². The molecule has 0 aromatic heterocycles. The molecule has 1 unspecified atom stereocenters. The molecule has 0 amide bonds.